The Morgan fingerprint density at radius 2 is 1.91 bits per heavy atom. The quantitative estimate of drug-likeness (QED) is 0.635. The number of nitrogens with zero attached hydrogens (tertiary/aromatic N) is 1. The number of phenolic OH excluding ortho intramolecular Hbond substituents is 1. The van der Waals surface area contributed by atoms with Gasteiger partial charge in [0.15, 0.2) is 0 Å². The van der Waals surface area contributed by atoms with E-state index in [0.29, 0.717) is 5.75 Å². The fraction of sp³-hybridized carbons (Fsp3) is 0.0625. The van der Waals surface area contributed by atoms with Crippen LogP contribution in [0, 0.1) is 0 Å². The fourth-order valence-corrected chi connectivity index (χ4v) is 2.51. The number of rotatable bonds is 3. The van der Waals surface area contributed by atoms with Crippen LogP contribution in [-0.4, -0.2) is 17.2 Å². The van der Waals surface area contributed by atoms with E-state index in [-0.39, 0.29) is 18.2 Å². The average Bonchev–Trinajstić information content (AvgIpc) is 2.49. The third-order valence-corrected chi connectivity index (χ3v) is 3.65. The van der Waals surface area contributed by atoms with Gasteiger partial charge in [0, 0.05) is 27.8 Å². The summed E-state index contributed by atoms with van der Waals surface area (Å²) in [7, 11) is 1.57. The predicted octanol–water partition coefficient (Wildman–Crippen LogP) is 4.88. The van der Waals surface area contributed by atoms with Crippen molar-refractivity contribution in [3.8, 4) is 11.5 Å². The molecule has 0 atom stereocenters. The second-order valence-corrected chi connectivity index (χ2v) is 5.45. The van der Waals surface area contributed by atoms with Crippen molar-refractivity contribution >= 4 is 50.6 Å². The highest BCUT2D eigenvalue weighted by Gasteiger charge is 2.07. The molecule has 0 unspecified atom stereocenters. The lowest BCUT2D eigenvalue weighted by Crippen LogP contribution is -1.96. The number of hydrogen-bond donors (Lipinski definition) is 2. The zero-order valence-electron chi connectivity index (χ0n) is 11.7. The first-order valence-electron chi connectivity index (χ1n) is 6.35. The molecule has 0 fully saturated rings. The fourth-order valence-electron chi connectivity index (χ4n) is 2.16. The lowest BCUT2D eigenvalue weighted by molar-refractivity contribution is 0.409. The molecule has 0 aliphatic rings. The third-order valence-electron chi connectivity index (χ3n) is 3.16. The number of ether oxygens (including phenoxy) is 1. The van der Waals surface area contributed by atoms with Gasteiger partial charge in [0.1, 0.15) is 11.5 Å². The van der Waals surface area contributed by atoms with Crippen molar-refractivity contribution in [1.82, 2.24) is 4.98 Å². The molecule has 4 nitrogen and oxygen atoms in total. The molecule has 114 valence electrons. The van der Waals surface area contributed by atoms with Crippen molar-refractivity contribution in [3.05, 3.63) is 53.1 Å². The summed E-state index contributed by atoms with van der Waals surface area (Å²) in [6, 6.07) is 12.8. The van der Waals surface area contributed by atoms with Gasteiger partial charge in [-0.25, -0.2) is 0 Å². The van der Waals surface area contributed by atoms with Crippen LogP contribution in [0.25, 0.3) is 10.9 Å². The molecule has 0 saturated carbocycles. The lowest BCUT2D eigenvalue weighted by atomic mass is 10.1. The summed E-state index contributed by atoms with van der Waals surface area (Å²) in [4.78, 5) is 4.36. The molecule has 6 heteroatoms. The van der Waals surface area contributed by atoms with Gasteiger partial charge in [0.2, 0.25) is 0 Å². The molecule has 22 heavy (non-hydrogen) atoms. The summed E-state index contributed by atoms with van der Waals surface area (Å²) in [5.41, 5.74) is 2.61. The zero-order chi connectivity index (χ0) is 14.8. The number of aromatic nitrogens is 1. The molecule has 3 aromatic rings. The normalized spacial score (nSPS) is 10.1. The number of benzene rings is 2. The Bertz CT molecular complexity index is 811. The lowest BCUT2D eigenvalue weighted by Gasteiger charge is -2.13. The van der Waals surface area contributed by atoms with Crippen molar-refractivity contribution in [3.63, 3.8) is 0 Å². The van der Waals surface area contributed by atoms with Crippen LogP contribution in [0.1, 0.15) is 0 Å². The molecule has 0 aliphatic heterocycles. The second-order valence-electron chi connectivity index (χ2n) is 4.53. The van der Waals surface area contributed by atoms with Gasteiger partial charge in [-0.15, -0.1) is 12.4 Å². The first-order chi connectivity index (χ1) is 10.2. The van der Waals surface area contributed by atoms with E-state index in [1.54, 1.807) is 31.5 Å². The van der Waals surface area contributed by atoms with Gasteiger partial charge in [0.05, 0.1) is 18.3 Å². The van der Waals surface area contributed by atoms with Gasteiger partial charge in [-0.3, -0.25) is 4.98 Å². The highest BCUT2D eigenvalue weighted by Crippen LogP contribution is 2.33. The number of phenols is 1. The smallest absolute Gasteiger partial charge is 0.145 e. The summed E-state index contributed by atoms with van der Waals surface area (Å²) in [5, 5.41) is 13.8. The standard InChI is InChI=1S/C16H13BrN2O2.ClH/c1-21-16-9-11(20)3-5-14(16)19-13-6-7-18-15-8-10(17)2-4-12(13)15;/h2-9,20H,1H3,(H,18,19);1H. The molecule has 1 heterocycles. The van der Waals surface area contributed by atoms with Crippen LogP contribution in [0.4, 0.5) is 11.4 Å². The first-order valence-corrected chi connectivity index (χ1v) is 7.15. The molecular formula is C16H14BrClN2O2. The molecule has 0 spiro atoms. The summed E-state index contributed by atoms with van der Waals surface area (Å²) >= 11 is 3.45. The maximum atomic E-state index is 9.51. The Labute approximate surface area is 142 Å². The number of anilines is 2. The SMILES string of the molecule is COc1cc(O)ccc1Nc1ccnc2cc(Br)ccc12.Cl. The maximum absolute atomic E-state index is 9.51. The number of hydrogen-bond acceptors (Lipinski definition) is 4. The molecular weight excluding hydrogens is 368 g/mol. The number of halogens is 2. The molecule has 0 bridgehead atoms. The Hall–Kier alpha value is -1.98. The van der Waals surface area contributed by atoms with E-state index < -0.39 is 0 Å². The molecule has 0 radical (unpaired) electrons. The van der Waals surface area contributed by atoms with Gasteiger partial charge in [-0.1, -0.05) is 15.9 Å². The second kappa shape index (κ2) is 6.85. The number of methoxy groups -OCH3 is 1. The highest BCUT2D eigenvalue weighted by molar-refractivity contribution is 9.10. The van der Waals surface area contributed by atoms with Crippen LogP contribution in [0.3, 0.4) is 0 Å². The van der Waals surface area contributed by atoms with E-state index in [0.717, 1.165) is 26.8 Å². The van der Waals surface area contributed by atoms with Gasteiger partial charge in [0.25, 0.3) is 0 Å². The molecule has 3 rings (SSSR count). The van der Waals surface area contributed by atoms with Crippen molar-refractivity contribution in [1.29, 1.82) is 0 Å². The van der Waals surface area contributed by atoms with E-state index in [9.17, 15) is 5.11 Å². The van der Waals surface area contributed by atoms with E-state index in [1.807, 2.05) is 24.3 Å². The minimum absolute atomic E-state index is 0. The third kappa shape index (κ3) is 3.26. The van der Waals surface area contributed by atoms with E-state index in [1.165, 1.54) is 0 Å². The Morgan fingerprint density at radius 1 is 1.09 bits per heavy atom. The van der Waals surface area contributed by atoms with Crippen LogP contribution in [0.5, 0.6) is 11.5 Å². The molecule has 0 saturated heterocycles. The maximum Gasteiger partial charge on any atom is 0.145 e. The molecule has 0 aliphatic carbocycles. The zero-order valence-corrected chi connectivity index (χ0v) is 14.1. The summed E-state index contributed by atoms with van der Waals surface area (Å²) in [5.74, 6) is 0.748. The van der Waals surface area contributed by atoms with Gasteiger partial charge >= 0.3 is 0 Å². The Morgan fingerprint density at radius 3 is 2.68 bits per heavy atom. The topological polar surface area (TPSA) is 54.4 Å². The van der Waals surface area contributed by atoms with E-state index in [2.05, 4.69) is 26.2 Å². The summed E-state index contributed by atoms with van der Waals surface area (Å²) in [6.45, 7) is 0. The van der Waals surface area contributed by atoms with Crippen molar-refractivity contribution < 1.29 is 9.84 Å². The summed E-state index contributed by atoms with van der Waals surface area (Å²) < 4.78 is 6.27. The highest BCUT2D eigenvalue weighted by atomic mass is 79.9. The largest absolute Gasteiger partial charge is 0.508 e. The van der Waals surface area contributed by atoms with E-state index in [4.69, 9.17) is 4.74 Å². The van der Waals surface area contributed by atoms with Gasteiger partial charge in [-0.2, -0.15) is 0 Å². The number of pyridine rings is 1. The van der Waals surface area contributed by atoms with Crippen molar-refractivity contribution in [2.24, 2.45) is 0 Å². The van der Waals surface area contributed by atoms with Crippen LogP contribution in [0.15, 0.2) is 53.1 Å². The molecule has 2 aromatic carbocycles. The van der Waals surface area contributed by atoms with Crippen LogP contribution in [-0.2, 0) is 0 Å². The van der Waals surface area contributed by atoms with Crippen LogP contribution in [0.2, 0.25) is 0 Å². The monoisotopic (exact) mass is 380 g/mol. The van der Waals surface area contributed by atoms with Gasteiger partial charge in [-0.05, 0) is 36.4 Å². The van der Waals surface area contributed by atoms with E-state index >= 15 is 0 Å². The predicted molar refractivity (Wildman–Crippen MR) is 94.6 cm³/mol. The van der Waals surface area contributed by atoms with Crippen LogP contribution >= 0.6 is 28.3 Å². The van der Waals surface area contributed by atoms with Crippen LogP contribution < -0.4 is 10.1 Å². The summed E-state index contributed by atoms with van der Waals surface area (Å²) in [6.07, 6.45) is 1.75. The van der Waals surface area contributed by atoms with Crippen molar-refractivity contribution in [2.75, 3.05) is 12.4 Å². The Balaban J connectivity index is 0.00000176. The number of nitrogens with one attached hydrogen (secondary N) is 1. The average molecular weight is 382 g/mol. The number of fused-ring (bicyclic) bond motifs is 1. The Kier molecular flexibility index (Phi) is 5.11. The molecule has 1 aromatic heterocycles. The number of aromatic hydroxyl groups is 1. The van der Waals surface area contributed by atoms with Gasteiger partial charge < -0.3 is 15.2 Å². The minimum Gasteiger partial charge on any atom is -0.508 e. The molecule has 2 N–H and O–H groups in total. The molecule has 0 amide bonds. The van der Waals surface area contributed by atoms with Crippen molar-refractivity contribution in [2.45, 2.75) is 0 Å². The first kappa shape index (κ1) is 16.4. The minimum atomic E-state index is 0.